The molecule has 1 unspecified atom stereocenters. The molecule has 2 heterocycles. The highest BCUT2D eigenvalue weighted by molar-refractivity contribution is 5.95. The van der Waals surface area contributed by atoms with Crippen LogP contribution in [0.3, 0.4) is 0 Å². The third kappa shape index (κ3) is 2.78. The average molecular weight is 278 g/mol. The second-order valence-corrected chi connectivity index (χ2v) is 4.62. The largest absolute Gasteiger partial charge is 0.394 e. The van der Waals surface area contributed by atoms with E-state index in [9.17, 15) is 4.79 Å². The maximum absolute atomic E-state index is 12.2. The van der Waals surface area contributed by atoms with E-state index in [0.717, 1.165) is 5.69 Å². The lowest BCUT2D eigenvalue weighted by molar-refractivity contribution is 0.0838. The molecule has 0 bridgehead atoms. The fourth-order valence-corrected chi connectivity index (χ4v) is 1.99. The number of methoxy groups -OCH3 is 1. The number of nitrogens with one attached hydrogen (secondary N) is 1. The fourth-order valence-electron chi connectivity index (χ4n) is 1.99. The minimum atomic E-state index is -0.443. The van der Waals surface area contributed by atoms with Gasteiger partial charge in [-0.3, -0.25) is 4.79 Å². The number of aromatic nitrogens is 3. The summed E-state index contributed by atoms with van der Waals surface area (Å²) < 4.78 is 6.56. The van der Waals surface area contributed by atoms with Gasteiger partial charge in [0.05, 0.1) is 36.2 Å². The first-order chi connectivity index (χ1) is 9.56. The number of rotatable bonds is 5. The van der Waals surface area contributed by atoms with Gasteiger partial charge < -0.3 is 15.2 Å². The van der Waals surface area contributed by atoms with Crippen molar-refractivity contribution in [1.82, 2.24) is 19.9 Å². The van der Waals surface area contributed by atoms with Crippen LogP contribution in [0.25, 0.3) is 5.65 Å². The number of nitrogens with zero attached hydrogens (tertiary/aromatic N) is 3. The van der Waals surface area contributed by atoms with Crippen LogP contribution in [0.4, 0.5) is 0 Å². The Morgan fingerprint density at radius 2 is 2.30 bits per heavy atom. The molecule has 20 heavy (non-hydrogen) atoms. The molecule has 0 saturated heterocycles. The lowest BCUT2D eigenvalue weighted by Crippen LogP contribution is -2.41. The van der Waals surface area contributed by atoms with Crippen molar-refractivity contribution in [3.05, 3.63) is 29.2 Å². The Hall–Kier alpha value is -1.99. The lowest BCUT2D eigenvalue weighted by Gasteiger charge is -2.16. The summed E-state index contributed by atoms with van der Waals surface area (Å²) in [5.74, 6) is -0.304. The number of aliphatic hydroxyl groups excluding tert-OH is 1. The number of aryl methyl sites for hydroxylation is 2. The van der Waals surface area contributed by atoms with Gasteiger partial charge in [-0.15, -0.1) is 0 Å². The summed E-state index contributed by atoms with van der Waals surface area (Å²) in [7, 11) is 1.51. The Kier molecular flexibility index (Phi) is 4.31. The minimum Gasteiger partial charge on any atom is -0.394 e. The van der Waals surface area contributed by atoms with Crippen molar-refractivity contribution < 1.29 is 14.6 Å². The van der Waals surface area contributed by atoms with E-state index in [1.807, 2.05) is 13.0 Å². The van der Waals surface area contributed by atoms with E-state index in [1.165, 1.54) is 13.3 Å². The first kappa shape index (κ1) is 14.4. The molecule has 0 aliphatic carbocycles. The molecule has 7 heteroatoms. The molecule has 2 aromatic heterocycles. The van der Waals surface area contributed by atoms with Crippen LogP contribution in [0.15, 0.2) is 12.3 Å². The zero-order valence-electron chi connectivity index (χ0n) is 11.8. The van der Waals surface area contributed by atoms with Gasteiger partial charge in [-0.2, -0.15) is 5.10 Å². The number of amides is 1. The summed E-state index contributed by atoms with van der Waals surface area (Å²) in [6.45, 7) is 3.74. The highest BCUT2D eigenvalue weighted by atomic mass is 16.5. The molecule has 1 amide bonds. The number of aliphatic hydroxyl groups is 1. The second kappa shape index (κ2) is 5.98. The molecular weight excluding hydrogens is 260 g/mol. The van der Waals surface area contributed by atoms with E-state index in [0.29, 0.717) is 16.9 Å². The van der Waals surface area contributed by atoms with Crippen molar-refractivity contribution in [1.29, 1.82) is 0 Å². The molecule has 2 aromatic rings. The molecule has 2 N–H and O–H groups in total. The number of carbonyl (C=O) groups excluding carboxylic acids is 1. The number of fused-ring (bicyclic) bond motifs is 1. The quantitative estimate of drug-likeness (QED) is 0.808. The van der Waals surface area contributed by atoms with Crippen LogP contribution >= 0.6 is 0 Å². The normalized spacial score (nSPS) is 12.6. The highest BCUT2D eigenvalue weighted by Crippen LogP contribution is 2.11. The lowest BCUT2D eigenvalue weighted by atomic mass is 10.2. The number of carbonyl (C=O) groups is 1. The van der Waals surface area contributed by atoms with Crippen LogP contribution in [-0.2, 0) is 4.74 Å². The zero-order chi connectivity index (χ0) is 14.7. The molecule has 0 saturated carbocycles. The van der Waals surface area contributed by atoms with Crippen LogP contribution in [0.2, 0.25) is 0 Å². The predicted molar refractivity (Wildman–Crippen MR) is 72.7 cm³/mol. The zero-order valence-corrected chi connectivity index (χ0v) is 11.8. The van der Waals surface area contributed by atoms with Gasteiger partial charge in [0.15, 0.2) is 5.65 Å². The van der Waals surface area contributed by atoms with Crippen molar-refractivity contribution in [3.63, 3.8) is 0 Å². The van der Waals surface area contributed by atoms with Crippen LogP contribution in [-0.4, -0.2) is 52.0 Å². The summed E-state index contributed by atoms with van der Waals surface area (Å²) in [5, 5.41) is 16.2. The standard InChI is InChI=1S/C13H18N4O3/c1-8-4-12-14-5-11(9(2)17(12)16-8)13(19)15-10(6-18)7-20-3/h4-5,10,18H,6-7H2,1-3H3,(H,15,19). The van der Waals surface area contributed by atoms with Crippen molar-refractivity contribution >= 4 is 11.6 Å². The molecule has 1 atom stereocenters. The molecule has 0 aliphatic rings. The van der Waals surface area contributed by atoms with E-state index < -0.39 is 6.04 Å². The topological polar surface area (TPSA) is 88.8 Å². The van der Waals surface area contributed by atoms with Crippen molar-refractivity contribution in [3.8, 4) is 0 Å². The Bertz CT molecular complexity index is 623. The molecule has 0 radical (unpaired) electrons. The summed E-state index contributed by atoms with van der Waals surface area (Å²) in [6, 6.07) is 1.40. The average Bonchev–Trinajstić information content (AvgIpc) is 2.80. The number of hydrogen-bond acceptors (Lipinski definition) is 5. The Balaban J connectivity index is 2.27. The van der Waals surface area contributed by atoms with Gasteiger partial charge in [0, 0.05) is 19.4 Å². The van der Waals surface area contributed by atoms with Gasteiger partial charge in [-0.1, -0.05) is 0 Å². The molecule has 0 fully saturated rings. The van der Waals surface area contributed by atoms with Gasteiger partial charge in [0.1, 0.15) is 0 Å². The van der Waals surface area contributed by atoms with Crippen LogP contribution in [0.5, 0.6) is 0 Å². The smallest absolute Gasteiger partial charge is 0.255 e. The SMILES string of the molecule is COCC(CO)NC(=O)c1cnc2cc(C)nn2c1C. The van der Waals surface area contributed by atoms with E-state index in [2.05, 4.69) is 15.4 Å². The fraction of sp³-hybridized carbons (Fsp3) is 0.462. The molecule has 2 rings (SSSR count). The summed E-state index contributed by atoms with van der Waals surface area (Å²) in [6.07, 6.45) is 1.52. The summed E-state index contributed by atoms with van der Waals surface area (Å²) in [4.78, 5) is 16.4. The third-order valence-corrected chi connectivity index (χ3v) is 3.01. The van der Waals surface area contributed by atoms with Crippen molar-refractivity contribution in [2.45, 2.75) is 19.9 Å². The van der Waals surface area contributed by atoms with Gasteiger partial charge in [0.25, 0.3) is 5.91 Å². The van der Waals surface area contributed by atoms with Gasteiger partial charge >= 0.3 is 0 Å². The number of ether oxygens (including phenoxy) is 1. The molecule has 0 aromatic carbocycles. The summed E-state index contributed by atoms with van der Waals surface area (Å²) in [5.41, 5.74) is 2.67. The van der Waals surface area contributed by atoms with Gasteiger partial charge in [0.2, 0.25) is 0 Å². The highest BCUT2D eigenvalue weighted by Gasteiger charge is 2.17. The molecule has 0 spiro atoms. The first-order valence-electron chi connectivity index (χ1n) is 6.29. The van der Waals surface area contributed by atoms with Crippen molar-refractivity contribution in [2.24, 2.45) is 0 Å². The molecule has 7 nitrogen and oxygen atoms in total. The minimum absolute atomic E-state index is 0.185. The van der Waals surface area contributed by atoms with E-state index in [4.69, 9.17) is 9.84 Å². The van der Waals surface area contributed by atoms with Crippen LogP contribution in [0, 0.1) is 13.8 Å². The van der Waals surface area contributed by atoms with Crippen LogP contribution in [0.1, 0.15) is 21.7 Å². The van der Waals surface area contributed by atoms with E-state index in [1.54, 1.807) is 11.4 Å². The Labute approximate surface area is 116 Å². The molecule has 0 aliphatic heterocycles. The number of hydrogen-bond donors (Lipinski definition) is 2. The monoisotopic (exact) mass is 278 g/mol. The summed E-state index contributed by atoms with van der Waals surface area (Å²) >= 11 is 0. The van der Waals surface area contributed by atoms with E-state index in [-0.39, 0.29) is 19.1 Å². The van der Waals surface area contributed by atoms with Crippen molar-refractivity contribution in [2.75, 3.05) is 20.3 Å². The maximum Gasteiger partial charge on any atom is 0.255 e. The Morgan fingerprint density at radius 1 is 1.55 bits per heavy atom. The van der Waals surface area contributed by atoms with Gasteiger partial charge in [-0.25, -0.2) is 9.50 Å². The molecular formula is C13H18N4O3. The second-order valence-electron chi connectivity index (χ2n) is 4.62. The molecule has 108 valence electrons. The first-order valence-corrected chi connectivity index (χ1v) is 6.29. The third-order valence-electron chi connectivity index (χ3n) is 3.01. The van der Waals surface area contributed by atoms with Crippen LogP contribution < -0.4 is 5.32 Å². The maximum atomic E-state index is 12.2. The van der Waals surface area contributed by atoms with E-state index >= 15 is 0 Å². The Morgan fingerprint density at radius 3 is 2.95 bits per heavy atom. The van der Waals surface area contributed by atoms with Gasteiger partial charge in [-0.05, 0) is 13.8 Å². The predicted octanol–water partition coefficient (Wildman–Crippen LogP) is 0.0832.